The molecular weight excluding hydrogens is 180 g/mol. The minimum atomic E-state index is 0.328. The number of hydrogen-bond acceptors (Lipinski definition) is 4. The van der Waals surface area contributed by atoms with E-state index in [1.54, 1.807) is 0 Å². The second-order valence-corrected chi connectivity index (χ2v) is 3.15. The summed E-state index contributed by atoms with van der Waals surface area (Å²) in [6.45, 7) is 2.63. The summed E-state index contributed by atoms with van der Waals surface area (Å²) < 4.78 is 10.5. The van der Waals surface area contributed by atoms with Crippen LogP contribution in [-0.2, 0) is 6.54 Å². The first-order valence-corrected chi connectivity index (χ1v) is 4.69. The monoisotopic (exact) mass is 194 g/mol. The minimum absolute atomic E-state index is 0.328. The van der Waals surface area contributed by atoms with Crippen LogP contribution in [0.25, 0.3) is 0 Å². The van der Waals surface area contributed by atoms with Crippen LogP contribution >= 0.6 is 0 Å². The summed E-state index contributed by atoms with van der Waals surface area (Å²) in [6, 6.07) is 5.95. The van der Waals surface area contributed by atoms with Gasteiger partial charge >= 0.3 is 0 Å². The highest BCUT2D eigenvalue weighted by molar-refractivity contribution is 5.44. The topological polar surface area (TPSA) is 56.5 Å². The van der Waals surface area contributed by atoms with E-state index in [1.165, 1.54) is 5.56 Å². The molecule has 1 aromatic carbocycles. The molecule has 4 heteroatoms. The molecule has 1 aromatic rings. The van der Waals surface area contributed by atoms with Gasteiger partial charge in [-0.25, -0.2) is 0 Å². The summed E-state index contributed by atoms with van der Waals surface area (Å²) >= 11 is 0. The fourth-order valence-corrected chi connectivity index (χ4v) is 1.39. The molecule has 0 spiro atoms. The van der Waals surface area contributed by atoms with Gasteiger partial charge in [-0.2, -0.15) is 0 Å². The van der Waals surface area contributed by atoms with Crippen molar-refractivity contribution in [2.45, 2.75) is 6.54 Å². The van der Waals surface area contributed by atoms with Crippen LogP contribution in [0.2, 0.25) is 0 Å². The summed E-state index contributed by atoms with van der Waals surface area (Å²) in [4.78, 5) is 0. The molecular formula is C10H14N2O2. The van der Waals surface area contributed by atoms with Gasteiger partial charge in [-0.1, -0.05) is 6.07 Å². The molecule has 0 saturated carbocycles. The molecule has 4 nitrogen and oxygen atoms in total. The number of nitrogens with one attached hydrogen (secondary N) is 1. The standard InChI is InChI=1S/C10H14N2O2/c11-3-4-12-6-8-1-2-9-10(5-8)14-7-13-9/h1-2,5,12H,3-4,6-7,11H2. The van der Waals surface area contributed by atoms with Crippen molar-refractivity contribution in [1.82, 2.24) is 5.32 Å². The summed E-state index contributed by atoms with van der Waals surface area (Å²) in [6.07, 6.45) is 0. The van der Waals surface area contributed by atoms with Crippen LogP contribution in [0.1, 0.15) is 5.56 Å². The molecule has 0 atom stereocenters. The van der Waals surface area contributed by atoms with Gasteiger partial charge in [-0.3, -0.25) is 0 Å². The second kappa shape index (κ2) is 4.30. The molecule has 0 fully saturated rings. The third kappa shape index (κ3) is 1.97. The fraction of sp³-hybridized carbons (Fsp3) is 0.400. The predicted octanol–water partition coefficient (Wildman–Crippen LogP) is 0.464. The number of fused-ring (bicyclic) bond motifs is 1. The highest BCUT2D eigenvalue weighted by atomic mass is 16.7. The lowest BCUT2D eigenvalue weighted by Crippen LogP contribution is -2.21. The minimum Gasteiger partial charge on any atom is -0.454 e. The SMILES string of the molecule is NCCNCc1ccc2c(c1)OCO2. The van der Waals surface area contributed by atoms with Gasteiger partial charge in [0.2, 0.25) is 6.79 Å². The first-order chi connectivity index (χ1) is 6.90. The van der Waals surface area contributed by atoms with Crippen molar-refractivity contribution in [3.8, 4) is 11.5 Å². The number of ether oxygens (including phenoxy) is 2. The summed E-state index contributed by atoms with van der Waals surface area (Å²) in [5, 5.41) is 3.22. The largest absolute Gasteiger partial charge is 0.454 e. The van der Waals surface area contributed by atoms with Crippen LogP contribution in [0.4, 0.5) is 0 Å². The molecule has 0 aromatic heterocycles. The zero-order valence-corrected chi connectivity index (χ0v) is 7.95. The van der Waals surface area contributed by atoms with Crippen LogP contribution in [0.3, 0.4) is 0 Å². The van der Waals surface area contributed by atoms with Crippen molar-refractivity contribution in [2.24, 2.45) is 5.73 Å². The molecule has 1 heterocycles. The lowest BCUT2D eigenvalue weighted by atomic mass is 10.2. The Balaban J connectivity index is 1.98. The van der Waals surface area contributed by atoms with Crippen LogP contribution in [0, 0.1) is 0 Å². The first-order valence-electron chi connectivity index (χ1n) is 4.69. The maximum absolute atomic E-state index is 5.38. The molecule has 0 saturated heterocycles. The molecule has 2 rings (SSSR count). The Bertz CT molecular complexity index is 315. The number of nitrogens with two attached hydrogens (primary N) is 1. The van der Waals surface area contributed by atoms with Gasteiger partial charge in [0.25, 0.3) is 0 Å². The molecule has 76 valence electrons. The van der Waals surface area contributed by atoms with E-state index in [2.05, 4.69) is 5.32 Å². The van der Waals surface area contributed by atoms with Crippen molar-refractivity contribution < 1.29 is 9.47 Å². The van der Waals surface area contributed by atoms with Gasteiger partial charge in [-0.05, 0) is 17.7 Å². The second-order valence-electron chi connectivity index (χ2n) is 3.15. The third-order valence-corrected chi connectivity index (χ3v) is 2.09. The molecule has 0 radical (unpaired) electrons. The van der Waals surface area contributed by atoms with E-state index in [0.29, 0.717) is 13.3 Å². The van der Waals surface area contributed by atoms with E-state index >= 15 is 0 Å². The number of benzene rings is 1. The average molecular weight is 194 g/mol. The summed E-state index contributed by atoms with van der Waals surface area (Å²) in [7, 11) is 0. The molecule has 1 aliphatic heterocycles. The lowest BCUT2D eigenvalue weighted by Gasteiger charge is -2.04. The highest BCUT2D eigenvalue weighted by Crippen LogP contribution is 2.32. The molecule has 0 bridgehead atoms. The third-order valence-electron chi connectivity index (χ3n) is 2.09. The normalized spacial score (nSPS) is 13.2. The fourth-order valence-electron chi connectivity index (χ4n) is 1.39. The molecule has 0 amide bonds. The first kappa shape index (κ1) is 9.30. The highest BCUT2D eigenvalue weighted by Gasteiger charge is 2.12. The Labute approximate surface area is 83.0 Å². The Morgan fingerprint density at radius 2 is 2.14 bits per heavy atom. The van der Waals surface area contributed by atoms with Crippen molar-refractivity contribution >= 4 is 0 Å². The Morgan fingerprint density at radius 3 is 3.00 bits per heavy atom. The smallest absolute Gasteiger partial charge is 0.231 e. The van der Waals surface area contributed by atoms with Crippen LogP contribution in [0.5, 0.6) is 11.5 Å². The van der Waals surface area contributed by atoms with E-state index in [9.17, 15) is 0 Å². The summed E-state index contributed by atoms with van der Waals surface area (Å²) in [5.41, 5.74) is 6.56. The zero-order chi connectivity index (χ0) is 9.80. The van der Waals surface area contributed by atoms with Gasteiger partial charge in [0.05, 0.1) is 0 Å². The molecule has 1 aliphatic rings. The van der Waals surface area contributed by atoms with E-state index in [1.807, 2.05) is 18.2 Å². The molecule has 0 unspecified atom stereocenters. The maximum atomic E-state index is 5.38. The zero-order valence-electron chi connectivity index (χ0n) is 7.95. The van der Waals surface area contributed by atoms with Crippen molar-refractivity contribution in [1.29, 1.82) is 0 Å². The molecule has 0 aliphatic carbocycles. The van der Waals surface area contributed by atoms with E-state index in [-0.39, 0.29) is 0 Å². The van der Waals surface area contributed by atoms with Crippen molar-refractivity contribution in [3.63, 3.8) is 0 Å². The maximum Gasteiger partial charge on any atom is 0.231 e. The summed E-state index contributed by atoms with van der Waals surface area (Å²) in [5.74, 6) is 1.66. The van der Waals surface area contributed by atoms with E-state index in [0.717, 1.165) is 24.6 Å². The Morgan fingerprint density at radius 1 is 1.29 bits per heavy atom. The van der Waals surface area contributed by atoms with Gasteiger partial charge < -0.3 is 20.5 Å². The van der Waals surface area contributed by atoms with Gasteiger partial charge in [0.15, 0.2) is 11.5 Å². The van der Waals surface area contributed by atoms with Crippen LogP contribution in [-0.4, -0.2) is 19.9 Å². The predicted molar refractivity (Wildman–Crippen MR) is 53.3 cm³/mol. The quantitative estimate of drug-likeness (QED) is 0.684. The Hall–Kier alpha value is -1.26. The Kier molecular flexibility index (Phi) is 2.86. The number of rotatable bonds is 4. The van der Waals surface area contributed by atoms with E-state index in [4.69, 9.17) is 15.2 Å². The van der Waals surface area contributed by atoms with Gasteiger partial charge in [-0.15, -0.1) is 0 Å². The molecule has 3 N–H and O–H groups in total. The van der Waals surface area contributed by atoms with Crippen LogP contribution < -0.4 is 20.5 Å². The lowest BCUT2D eigenvalue weighted by molar-refractivity contribution is 0.174. The average Bonchev–Trinajstić information content (AvgIpc) is 2.65. The van der Waals surface area contributed by atoms with Gasteiger partial charge in [0.1, 0.15) is 0 Å². The number of hydrogen-bond donors (Lipinski definition) is 2. The molecule has 14 heavy (non-hydrogen) atoms. The van der Waals surface area contributed by atoms with Crippen molar-refractivity contribution in [2.75, 3.05) is 19.9 Å². The van der Waals surface area contributed by atoms with Crippen molar-refractivity contribution in [3.05, 3.63) is 23.8 Å². The van der Waals surface area contributed by atoms with Crippen LogP contribution in [0.15, 0.2) is 18.2 Å². The van der Waals surface area contributed by atoms with Gasteiger partial charge in [0, 0.05) is 19.6 Å². The van der Waals surface area contributed by atoms with E-state index < -0.39 is 0 Å².